The number of fused-ring (bicyclic) bond motifs is 1. The minimum Gasteiger partial charge on any atom is -0.496 e. The second-order valence-corrected chi connectivity index (χ2v) is 7.59. The zero-order chi connectivity index (χ0) is 19.4. The van der Waals surface area contributed by atoms with Gasteiger partial charge in [-0.3, -0.25) is 9.59 Å². The molecule has 3 rings (SSSR count). The molecule has 0 spiro atoms. The highest BCUT2D eigenvalue weighted by atomic mass is 16.5. The predicted molar refractivity (Wildman–Crippen MR) is 107 cm³/mol. The van der Waals surface area contributed by atoms with Crippen molar-refractivity contribution in [1.82, 2.24) is 10.2 Å². The van der Waals surface area contributed by atoms with Crippen LogP contribution in [0.1, 0.15) is 37.0 Å². The molecule has 0 aliphatic carbocycles. The molecule has 27 heavy (non-hydrogen) atoms. The molecule has 1 N–H and O–H groups in total. The van der Waals surface area contributed by atoms with Crippen LogP contribution < -0.4 is 10.1 Å². The predicted octanol–water partition coefficient (Wildman–Crippen LogP) is 3.47. The third-order valence-corrected chi connectivity index (χ3v) is 5.10. The largest absolute Gasteiger partial charge is 0.496 e. The van der Waals surface area contributed by atoms with Crippen LogP contribution in [0.3, 0.4) is 0 Å². The lowest BCUT2D eigenvalue weighted by Crippen LogP contribution is -2.46. The van der Waals surface area contributed by atoms with E-state index in [-0.39, 0.29) is 17.7 Å². The van der Waals surface area contributed by atoms with E-state index in [0.29, 0.717) is 31.1 Å². The molecule has 1 aliphatic heterocycles. The second-order valence-electron chi connectivity index (χ2n) is 7.59. The first-order chi connectivity index (χ1) is 13.0. The van der Waals surface area contributed by atoms with Crippen LogP contribution in [0, 0.1) is 11.8 Å². The third kappa shape index (κ3) is 4.24. The van der Waals surface area contributed by atoms with E-state index in [1.807, 2.05) is 41.3 Å². The summed E-state index contributed by atoms with van der Waals surface area (Å²) in [6.45, 7) is 5.99. The first kappa shape index (κ1) is 19.2. The molecular weight excluding hydrogens is 340 g/mol. The Morgan fingerprint density at radius 3 is 2.63 bits per heavy atom. The Labute approximate surface area is 160 Å². The fourth-order valence-corrected chi connectivity index (χ4v) is 3.63. The third-order valence-electron chi connectivity index (χ3n) is 5.10. The summed E-state index contributed by atoms with van der Waals surface area (Å²) in [5.41, 5.74) is 0.662. The van der Waals surface area contributed by atoms with E-state index in [1.165, 1.54) is 0 Å². The standard InChI is InChI=1S/C22H28N2O3/c1-15(2)13-23-21(25)16-7-6-12-24(14-16)22(26)19-10-11-20(27-3)18-9-5-4-8-17(18)19/h4-5,8-11,15-16H,6-7,12-14H2,1-3H3,(H,23,25)/t16-/m0/s1. The molecular formula is C22H28N2O3. The number of nitrogens with one attached hydrogen (secondary N) is 1. The number of ether oxygens (including phenoxy) is 1. The summed E-state index contributed by atoms with van der Waals surface area (Å²) in [5, 5.41) is 4.81. The highest BCUT2D eigenvalue weighted by Gasteiger charge is 2.29. The number of hydrogen-bond acceptors (Lipinski definition) is 3. The Hall–Kier alpha value is -2.56. The summed E-state index contributed by atoms with van der Waals surface area (Å²) < 4.78 is 5.42. The van der Waals surface area contributed by atoms with E-state index < -0.39 is 0 Å². The molecule has 1 heterocycles. The maximum atomic E-state index is 13.2. The summed E-state index contributed by atoms with van der Waals surface area (Å²) in [4.78, 5) is 27.5. The highest BCUT2D eigenvalue weighted by Crippen LogP contribution is 2.30. The van der Waals surface area contributed by atoms with E-state index in [1.54, 1.807) is 7.11 Å². The topological polar surface area (TPSA) is 58.6 Å². The van der Waals surface area contributed by atoms with E-state index >= 15 is 0 Å². The molecule has 0 bridgehead atoms. The Morgan fingerprint density at radius 1 is 1.19 bits per heavy atom. The quantitative estimate of drug-likeness (QED) is 0.879. The molecule has 5 heteroatoms. The maximum Gasteiger partial charge on any atom is 0.254 e. The average Bonchev–Trinajstić information content (AvgIpc) is 2.70. The van der Waals surface area contributed by atoms with Gasteiger partial charge in [0.2, 0.25) is 5.91 Å². The zero-order valence-corrected chi connectivity index (χ0v) is 16.3. The van der Waals surface area contributed by atoms with Crippen molar-refractivity contribution in [1.29, 1.82) is 0 Å². The molecule has 1 saturated heterocycles. The van der Waals surface area contributed by atoms with Crippen LogP contribution in [0.5, 0.6) is 5.75 Å². The van der Waals surface area contributed by atoms with Crippen molar-refractivity contribution in [2.24, 2.45) is 11.8 Å². The number of carbonyl (C=O) groups is 2. The van der Waals surface area contributed by atoms with Gasteiger partial charge in [0, 0.05) is 30.6 Å². The van der Waals surface area contributed by atoms with Crippen molar-refractivity contribution >= 4 is 22.6 Å². The van der Waals surface area contributed by atoms with Crippen molar-refractivity contribution in [3.05, 3.63) is 42.0 Å². The van der Waals surface area contributed by atoms with Gasteiger partial charge in [-0.25, -0.2) is 0 Å². The van der Waals surface area contributed by atoms with Gasteiger partial charge in [0.15, 0.2) is 0 Å². The number of methoxy groups -OCH3 is 1. The van der Waals surface area contributed by atoms with Gasteiger partial charge >= 0.3 is 0 Å². The van der Waals surface area contributed by atoms with Crippen molar-refractivity contribution in [2.45, 2.75) is 26.7 Å². The van der Waals surface area contributed by atoms with Gasteiger partial charge < -0.3 is 15.0 Å². The Kier molecular flexibility index (Phi) is 5.99. The lowest BCUT2D eigenvalue weighted by molar-refractivity contribution is -0.126. The van der Waals surface area contributed by atoms with Gasteiger partial charge in [0.05, 0.1) is 13.0 Å². The van der Waals surface area contributed by atoms with Gasteiger partial charge in [0.1, 0.15) is 5.75 Å². The zero-order valence-electron chi connectivity index (χ0n) is 16.3. The first-order valence-electron chi connectivity index (χ1n) is 9.64. The molecule has 1 aliphatic rings. The number of nitrogens with zero attached hydrogens (tertiary/aromatic N) is 1. The number of piperidine rings is 1. The van der Waals surface area contributed by atoms with E-state index in [0.717, 1.165) is 29.4 Å². The molecule has 1 atom stereocenters. The average molecular weight is 368 g/mol. The van der Waals surface area contributed by atoms with Gasteiger partial charge in [-0.15, -0.1) is 0 Å². The highest BCUT2D eigenvalue weighted by molar-refractivity contribution is 6.08. The maximum absolute atomic E-state index is 13.2. The molecule has 5 nitrogen and oxygen atoms in total. The van der Waals surface area contributed by atoms with Crippen LogP contribution in [0.2, 0.25) is 0 Å². The molecule has 0 saturated carbocycles. The number of rotatable bonds is 5. The lowest BCUT2D eigenvalue weighted by Gasteiger charge is -2.32. The second kappa shape index (κ2) is 8.42. The number of amides is 2. The summed E-state index contributed by atoms with van der Waals surface area (Å²) in [5.74, 6) is 1.08. The van der Waals surface area contributed by atoms with Crippen LogP contribution in [0.15, 0.2) is 36.4 Å². The summed E-state index contributed by atoms with van der Waals surface area (Å²) in [6.07, 6.45) is 1.68. The fourth-order valence-electron chi connectivity index (χ4n) is 3.63. The van der Waals surface area contributed by atoms with E-state index in [2.05, 4.69) is 19.2 Å². The molecule has 0 radical (unpaired) electrons. The van der Waals surface area contributed by atoms with Gasteiger partial charge in [-0.1, -0.05) is 38.1 Å². The summed E-state index contributed by atoms with van der Waals surface area (Å²) in [6, 6.07) is 11.4. The number of carbonyl (C=O) groups excluding carboxylic acids is 2. The molecule has 144 valence electrons. The van der Waals surface area contributed by atoms with Gasteiger partial charge in [-0.05, 0) is 36.3 Å². The SMILES string of the molecule is COc1ccc(C(=O)N2CCC[C@H](C(=O)NCC(C)C)C2)c2ccccc12. The number of likely N-dealkylation sites (tertiary alicyclic amines) is 1. The van der Waals surface area contributed by atoms with Crippen LogP contribution in [0.25, 0.3) is 10.8 Å². The minimum absolute atomic E-state index is 0.0183. The van der Waals surface area contributed by atoms with Gasteiger partial charge in [0.25, 0.3) is 5.91 Å². The minimum atomic E-state index is -0.133. The van der Waals surface area contributed by atoms with E-state index in [9.17, 15) is 9.59 Å². The van der Waals surface area contributed by atoms with Crippen molar-refractivity contribution < 1.29 is 14.3 Å². The molecule has 1 fully saturated rings. The first-order valence-corrected chi connectivity index (χ1v) is 9.64. The molecule has 2 aromatic rings. The molecule has 0 aromatic heterocycles. The number of benzene rings is 2. The van der Waals surface area contributed by atoms with Crippen LogP contribution >= 0.6 is 0 Å². The van der Waals surface area contributed by atoms with Crippen molar-refractivity contribution in [3.8, 4) is 5.75 Å². The fraction of sp³-hybridized carbons (Fsp3) is 0.455. The van der Waals surface area contributed by atoms with Crippen LogP contribution in [0.4, 0.5) is 0 Å². The number of hydrogen-bond donors (Lipinski definition) is 1. The molecule has 0 unspecified atom stereocenters. The molecule has 2 aromatic carbocycles. The van der Waals surface area contributed by atoms with E-state index in [4.69, 9.17) is 4.74 Å². The van der Waals surface area contributed by atoms with Crippen LogP contribution in [-0.4, -0.2) is 43.5 Å². The Balaban J connectivity index is 1.80. The summed E-state index contributed by atoms with van der Waals surface area (Å²) >= 11 is 0. The normalized spacial score (nSPS) is 17.2. The lowest BCUT2D eigenvalue weighted by atomic mass is 9.95. The van der Waals surface area contributed by atoms with Crippen molar-refractivity contribution in [3.63, 3.8) is 0 Å². The van der Waals surface area contributed by atoms with Crippen molar-refractivity contribution in [2.75, 3.05) is 26.7 Å². The smallest absolute Gasteiger partial charge is 0.254 e. The Bertz CT molecular complexity index is 831. The van der Waals surface area contributed by atoms with Crippen LogP contribution in [-0.2, 0) is 4.79 Å². The van der Waals surface area contributed by atoms with Gasteiger partial charge in [-0.2, -0.15) is 0 Å². The Morgan fingerprint density at radius 2 is 1.93 bits per heavy atom. The molecule has 2 amide bonds. The monoisotopic (exact) mass is 368 g/mol. The summed E-state index contributed by atoms with van der Waals surface area (Å²) in [7, 11) is 1.63.